The molecule has 0 spiro atoms. The lowest BCUT2D eigenvalue weighted by Crippen LogP contribution is -2.44. The molecule has 138 valence electrons. The van der Waals surface area contributed by atoms with Gasteiger partial charge in [-0.05, 0) is 35.1 Å². The highest BCUT2D eigenvalue weighted by Gasteiger charge is 2.20. The van der Waals surface area contributed by atoms with Crippen LogP contribution in [-0.4, -0.2) is 11.8 Å². The molecule has 4 nitrogen and oxygen atoms in total. The number of nitrogens with one attached hydrogen (secondary N) is 2. The van der Waals surface area contributed by atoms with Crippen molar-refractivity contribution in [1.29, 1.82) is 0 Å². The maximum Gasteiger partial charge on any atom is 0.269 e. The first-order chi connectivity index (χ1) is 12.3. The van der Waals surface area contributed by atoms with Crippen LogP contribution in [0.25, 0.3) is 0 Å². The van der Waals surface area contributed by atoms with Crippen LogP contribution in [0.4, 0.5) is 0 Å². The zero-order valence-electron chi connectivity index (χ0n) is 16.0. The summed E-state index contributed by atoms with van der Waals surface area (Å²) in [6.45, 7) is 8.41. The SMILES string of the molecule is CCC[C@@H](C(=O)NNC(=O)c1ccc(C(C)(C)C)cc1)c1ccccc1. The largest absolute Gasteiger partial charge is 0.273 e. The topological polar surface area (TPSA) is 58.2 Å². The van der Waals surface area contributed by atoms with E-state index in [1.807, 2.05) is 49.4 Å². The van der Waals surface area contributed by atoms with E-state index in [1.54, 1.807) is 12.1 Å². The summed E-state index contributed by atoms with van der Waals surface area (Å²) < 4.78 is 0. The summed E-state index contributed by atoms with van der Waals surface area (Å²) >= 11 is 0. The van der Waals surface area contributed by atoms with E-state index in [0.717, 1.165) is 24.0 Å². The van der Waals surface area contributed by atoms with E-state index in [9.17, 15) is 9.59 Å². The Morgan fingerprint density at radius 2 is 1.54 bits per heavy atom. The molecule has 0 unspecified atom stereocenters. The Morgan fingerprint density at radius 1 is 0.923 bits per heavy atom. The molecule has 2 aromatic carbocycles. The molecule has 0 saturated heterocycles. The zero-order valence-corrected chi connectivity index (χ0v) is 16.0. The molecule has 2 amide bonds. The van der Waals surface area contributed by atoms with Gasteiger partial charge in [0.25, 0.3) is 5.91 Å². The second-order valence-electron chi connectivity index (χ2n) is 7.52. The van der Waals surface area contributed by atoms with Crippen LogP contribution in [0.5, 0.6) is 0 Å². The van der Waals surface area contributed by atoms with Gasteiger partial charge in [-0.15, -0.1) is 0 Å². The van der Waals surface area contributed by atoms with Crippen molar-refractivity contribution < 1.29 is 9.59 Å². The molecule has 1 atom stereocenters. The molecule has 26 heavy (non-hydrogen) atoms. The van der Waals surface area contributed by atoms with Gasteiger partial charge in [0, 0.05) is 5.56 Å². The smallest absolute Gasteiger partial charge is 0.269 e. The van der Waals surface area contributed by atoms with Crippen LogP contribution in [0.3, 0.4) is 0 Å². The maximum atomic E-state index is 12.5. The fourth-order valence-corrected chi connectivity index (χ4v) is 2.82. The van der Waals surface area contributed by atoms with Crippen molar-refractivity contribution in [1.82, 2.24) is 10.9 Å². The summed E-state index contributed by atoms with van der Waals surface area (Å²) in [6, 6.07) is 17.1. The Hall–Kier alpha value is -2.62. The van der Waals surface area contributed by atoms with Crippen molar-refractivity contribution >= 4 is 11.8 Å². The Bertz CT molecular complexity index is 731. The van der Waals surface area contributed by atoms with Crippen molar-refractivity contribution in [2.75, 3.05) is 0 Å². The van der Waals surface area contributed by atoms with E-state index in [1.165, 1.54) is 0 Å². The zero-order chi connectivity index (χ0) is 19.2. The third kappa shape index (κ3) is 5.19. The van der Waals surface area contributed by atoms with Crippen LogP contribution < -0.4 is 10.9 Å². The Morgan fingerprint density at radius 3 is 2.08 bits per heavy atom. The lowest BCUT2D eigenvalue weighted by atomic mass is 9.87. The molecule has 4 heteroatoms. The molecular weight excluding hydrogens is 324 g/mol. The van der Waals surface area contributed by atoms with Crippen LogP contribution >= 0.6 is 0 Å². The lowest BCUT2D eigenvalue weighted by molar-refractivity contribution is -0.123. The minimum Gasteiger partial charge on any atom is -0.273 e. The molecule has 2 N–H and O–H groups in total. The van der Waals surface area contributed by atoms with E-state index in [2.05, 4.69) is 31.6 Å². The summed E-state index contributed by atoms with van der Waals surface area (Å²) in [6.07, 6.45) is 1.61. The van der Waals surface area contributed by atoms with Crippen LogP contribution in [0.1, 0.15) is 67.9 Å². The third-order valence-corrected chi connectivity index (χ3v) is 4.41. The van der Waals surface area contributed by atoms with Crippen molar-refractivity contribution in [3.8, 4) is 0 Å². The molecule has 0 heterocycles. The first kappa shape index (κ1) is 19.7. The first-order valence-corrected chi connectivity index (χ1v) is 9.08. The van der Waals surface area contributed by atoms with Gasteiger partial charge in [-0.2, -0.15) is 0 Å². The number of hydrogen-bond acceptors (Lipinski definition) is 2. The minimum atomic E-state index is -0.317. The summed E-state index contributed by atoms with van der Waals surface area (Å²) in [4.78, 5) is 24.8. The van der Waals surface area contributed by atoms with Gasteiger partial charge < -0.3 is 0 Å². The molecule has 0 aromatic heterocycles. The summed E-state index contributed by atoms with van der Waals surface area (Å²) in [5.74, 6) is -0.787. The van der Waals surface area contributed by atoms with Crippen LogP contribution in [0.15, 0.2) is 54.6 Å². The number of amides is 2. The molecule has 0 radical (unpaired) electrons. The van der Waals surface area contributed by atoms with Gasteiger partial charge in [0.15, 0.2) is 0 Å². The van der Waals surface area contributed by atoms with Crippen LogP contribution in [-0.2, 0) is 10.2 Å². The molecular formula is C22H28N2O2. The fraction of sp³-hybridized carbons (Fsp3) is 0.364. The Kier molecular flexibility index (Phi) is 6.56. The van der Waals surface area contributed by atoms with E-state index in [4.69, 9.17) is 0 Å². The van der Waals surface area contributed by atoms with Gasteiger partial charge in [0.1, 0.15) is 0 Å². The maximum absolute atomic E-state index is 12.5. The standard InChI is InChI=1S/C22H28N2O2/c1-5-9-19(16-10-7-6-8-11-16)21(26)24-23-20(25)17-12-14-18(15-13-17)22(2,3)4/h6-8,10-15,19H,5,9H2,1-4H3,(H,23,25)(H,24,26)/t19-/m1/s1. The number of carbonyl (C=O) groups excluding carboxylic acids is 2. The van der Waals surface area contributed by atoms with Crippen LogP contribution in [0, 0.1) is 0 Å². The molecule has 2 rings (SSSR count). The highest BCUT2D eigenvalue weighted by molar-refractivity contribution is 5.96. The molecule has 0 fully saturated rings. The average Bonchev–Trinajstić information content (AvgIpc) is 2.64. The predicted molar refractivity (Wildman–Crippen MR) is 105 cm³/mol. The predicted octanol–water partition coefficient (Wildman–Crippen LogP) is 4.33. The van der Waals surface area contributed by atoms with E-state index < -0.39 is 0 Å². The minimum absolute atomic E-state index is 0.0340. The average molecular weight is 352 g/mol. The van der Waals surface area contributed by atoms with Crippen molar-refractivity contribution in [2.24, 2.45) is 0 Å². The van der Waals surface area contributed by atoms with E-state index >= 15 is 0 Å². The highest BCUT2D eigenvalue weighted by Crippen LogP contribution is 2.22. The quantitative estimate of drug-likeness (QED) is 0.787. The van der Waals surface area contributed by atoms with Gasteiger partial charge >= 0.3 is 0 Å². The highest BCUT2D eigenvalue weighted by atomic mass is 16.2. The van der Waals surface area contributed by atoms with Crippen molar-refractivity contribution in [2.45, 2.75) is 51.9 Å². The first-order valence-electron chi connectivity index (χ1n) is 9.08. The molecule has 0 aliphatic rings. The number of rotatable bonds is 5. The molecule has 0 aliphatic heterocycles. The van der Waals surface area contributed by atoms with Gasteiger partial charge in [-0.1, -0.05) is 76.6 Å². The lowest BCUT2D eigenvalue weighted by Gasteiger charge is -2.19. The van der Waals surface area contributed by atoms with E-state index in [0.29, 0.717) is 5.56 Å². The molecule has 0 saturated carbocycles. The van der Waals surface area contributed by atoms with Gasteiger partial charge in [0.2, 0.25) is 5.91 Å². The van der Waals surface area contributed by atoms with Crippen molar-refractivity contribution in [3.63, 3.8) is 0 Å². The van der Waals surface area contributed by atoms with Crippen molar-refractivity contribution in [3.05, 3.63) is 71.3 Å². The van der Waals surface area contributed by atoms with Gasteiger partial charge in [-0.3, -0.25) is 20.4 Å². The monoisotopic (exact) mass is 352 g/mol. The number of carbonyl (C=O) groups is 2. The second kappa shape index (κ2) is 8.65. The Labute approximate surface area is 156 Å². The fourth-order valence-electron chi connectivity index (χ4n) is 2.82. The van der Waals surface area contributed by atoms with Gasteiger partial charge in [-0.25, -0.2) is 0 Å². The summed E-state index contributed by atoms with van der Waals surface area (Å²) in [5.41, 5.74) is 7.76. The normalized spacial score (nSPS) is 12.3. The van der Waals surface area contributed by atoms with E-state index in [-0.39, 0.29) is 23.1 Å². The number of hydrogen-bond donors (Lipinski definition) is 2. The molecule has 0 aliphatic carbocycles. The molecule has 0 bridgehead atoms. The van der Waals surface area contributed by atoms with Gasteiger partial charge in [0.05, 0.1) is 5.92 Å². The number of hydrazine groups is 1. The summed E-state index contributed by atoms with van der Waals surface area (Å²) in [5, 5.41) is 0. The van der Waals surface area contributed by atoms with Crippen LogP contribution in [0.2, 0.25) is 0 Å². The summed E-state index contributed by atoms with van der Waals surface area (Å²) in [7, 11) is 0. The third-order valence-electron chi connectivity index (χ3n) is 4.41. The Balaban J connectivity index is 2.00. The molecule has 2 aromatic rings. The number of benzene rings is 2. The second-order valence-corrected chi connectivity index (χ2v) is 7.52.